The summed E-state index contributed by atoms with van der Waals surface area (Å²) in [5.41, 5.74) is 1.36. The molecule has 0 unspecified atom stereocenters. The number of hydrogen-bond acceptors (Lipinski definition) is 6. The van der Waals surface area contributed by atoms with E-state index in [9.17, 15) is 14.7 Å². The van der Waals surface area contributed by atoms with Gasteiger partial charge in [-0.3, -0.25) is 4.79 Å². The average molecular weight is 367 g/mol. The predicted molar refractivity (Wildman–Crippen MR) is 96.6 cm³/mol. The van der Waals surface area contributed by atoms with Crippen LogP contribution in [0.2, 0.25) is 0 Å². The van der Waals surface area contributed by atoms with E-state index in [0.717, 1.165) is 11.4 Å². The first kappa shape index (κ1) is 17.7. The predicted octanol–water partition coefficient (Wildman–Crippen LogP) is 1.58. The number of aromatic nitrogens is 3. The molecule has 2 aromatic carbocycles. The summed E-state index contributed by atoms with van der Waals surface area (Å²) >= 11 is 1.25. The van der Waals surface area contributed by atoms with Crippen LogP contribution >= 0.6 is 11.8 Å². The fourth-order valence-corrected chi connectivity index (χ4v) is 3.04. The zero-order valence-corrected chi connectivity index (χ0v) is 14.7. The molecule has 0 saturated carbocycles. The van der Waals surface area contributed by atoms with Crippen molar-refractivity contribution < 1.29 is 14.7 Å². The molecule has 7 nitrogen and oxygen atoms in total. The van der Waals surface area contributed by atoms with E-state index in [1.807, 2.05) is 41.9 Å². The van der Waals surface area contributed by atoms with Gasteiger partial charge in [0.05, 0.1) is 11.7 Å². The van der Waals surface area contributed by atoms with Crippen LogP contribution < -0.4 is 10.4 Å². The Kier molecular flexibility index (Phi) is 5.33. The fourth-order valence-electron chi connectivity index (χ4n) is 2.33. The summed E-state index contributed by atoms with van der Waals surface area (Å²) in [6.07, 6.45) is 0. The van der Waals surface area contributed by atoms with Gasteiger partial charge in [-0.15, -0.1) is 10.2 Å². The van der Waals surface area contributed by atoms with E-state index < -0.39 is 5.97 Å². The van der Waals surface area contributed by atoms with Crippen molar-refractivity contribution in [1.82, 2.24) is 14.8 Å². The van der Waals surface area contributed by atoms with E-state index in [0.29, 0.717) is 10.8 Å². The monoisotopic (exact) mass is 367 g/mol. The quantitative estimate of drug-likeness (QED) is 0.664. The lowest BCUT2D eigenvalue weighted by Crippen LogP contribution is -2.22. The molecule has 0 aliphatic carbocycles. The van der Waals surface area contributed by atoms with Crippen molar-refractivity contribution in [1.29, 1.82) is 0 Å². The van der Waals surface area contributed by atoms with Crippen molar-refractivity contribution in [2.24, 2.45) is 7.05 Å². The molecule has 132 valence electrons. The molecule has 1 amide bonds. The van der Waals surface area contributed by atoms with Gasteiger partial charge >= 0.3 is 0 Å². The highest BCUT2D eigenvalue weighted by atomic mass is 32.2. The first-order chi connectivity index (χ1) is 12.5. The Morgan fingerprint density at radius 1 is 1.12 bits per heavy atom. The van der Waals surface area contributed by atoms with E-state index in [4.69, 9.17) is 0 Å². The van der Waals surface area contributed by atoms with Crippen LogP contribution in [0.4, 0.5) is 5.69 Å². The van der Waals surface area contributed by atoms with Crippen LogP contribution in [0.3, 0.4) is 0 Å². The summed E-state index contributed by atoms with van der Waals surface area (Å²) in [6.45, 7) is 0. The third-order valence-electron chi connectivity index (χ3n) is 3.58. The number of carbonyl (C=O) groups excluding carboxylic acids is 2. The van der Waals surface area contributed by atoms with Gasteiger partial charge < -0.3 is 19.8 Å². The first-order valence-electron chi connectivity index (χ1n) is 7.73. The molecule has 0 radical (unpaired) electrons. The van der Waals surface area contributed by atoms with Gasteiger partial charge in [0.2, 0.25) is 5.91 Å². The second kappa shape index (κ2) is 7.83. The average Bonchev–Trinajstić information content (AvgIpc) is 3.01. The number of carbonyl (C=O) groups is 2. The number of hydrogen-bond donors (Lipinski definition) is 1. The van der Waals surface area contributed by atoms with E-state index >= 15 is 0 Å². The van der Waals surface area contributed by atoms with E-state index in [2.05, 4.69) is 15.5 Å². The molecule has 1 heterocycles. The highest BCUT2D eigenvalue weighted by molar-refractivity contribution is 7.99. The lowest BCUT2D eigenvalue weighted by atomic mass is 10.2. The molecule has 3 rings (SSSR count). The summed E-state index contributed by atoms with van der Waals surface area (Å²) in [4.78, 5) is 23.0. The number of nitrogens with one attached hydrogen (secondary N) is 1. The molecular formula is C18H15N4O3S-. The smallest absolute Gasteiger partial charge is 0.234 e. The van der Waals surface area contributed by atoms with Crippen LogP contribution in [-0.2, 0) is 11.8 Å². The van der Waals surface area contributed by atoms with Crippen molar-refractivity contribution in [3.63, 3.8) is 0 Å². The van der Waals surface area contributed by atoms with Gasteiger partial charge in [-0.25, -0.2) is 0 Å². The molecule has 0 saturated heterocycles. The van der Waals surface area contributed by atoms with E-state index in [1.165, 1.54) is 23.9 Å². The topological polar surface area (TPSA) is 99.9 Å². The van der Waals surface area contributed by atoms with Crippen LogP contribution in [0.1, 0.15) is 10.4 Å². The van der Waals surface area contributed by atoms with Crippen LogP contribution in [0.15, 0.2) is 59.8 Å². The fraction of sp³-hybridized carbons (Fsp3) is 0.111. The summed E-state index contributed by atoms with van der Waals surface area (Å²) < 4.78 is 1.82. The SMILES string of the molecule is Cn1c(SCC(=O)Nc2cccc(C(=O)[O-])c2)nnc1-c1ccccc1. The summed E-state index contributed by atoms with van der Waals surface area (Å²) in [5, 5.41) is 22.4. The van der Waals surface area contributed by atoms with Gasteiger partial charge in [0.1, 0.15) is 0 Å². The van der Waals surface area contributed by atoms with Crippen molar-refractivity contribution >= 4 is 29.3 Å². The van der Waals surface area contributed by atoms with Gasteiger partial charge in [-0.1, -0.05) is 54.2 Å². The zero-order valence-electron chi connectivity index (χ0n) is 13.9. The molecule has 0 atom stereocenters. The van der Waals surface area contributed by atoms with Gasteiger partial charge in [0.15, 0.2) is 11.0 Å². The minimum atomic E-state index is -1.29. The lowest BCUT2D eigenvalue weighted by molar-refractivity contribution is -0.255. The number of amides is 1. The van der Waals surface area contributed by atoms with Gasteiger partial charge in [-0.05, 0) is 17.7 Å². The molecule has 1 aromatic heterocycles. The number of rotatable bonds is 6. The first-order valence-corrected chi connectivity index (χ1v) is 8.72. The molecule has 0 aliphatic rings. The van der Waals surface area contributed by atoms with Crippen molar-refractivity contribution in [2.75, 3.05) is 11.1 Å². The highest BCUT2D eigenvalue weighted by Crippen LogP contribution is 2.22. The Morgan fingerprint density at radius 2 is 1.88 bits per heavy atom. The van der Waals surface area contributed by atoms with Crippen molar-refractivity contribution in [2.45, 2.75) is 5.16 Å². The maximum Gasteiger partial charge on any atom is 0.234 e. The van der Waals surface area contributed by atoms with Crippen molar-refractivity contribution in [3.05, 3.63) is 60.2 Å². The van der Waals surface area contributed by atoms with Crippen LogP contribution in [0, 0.1) is 0 Å². The van der Waals surface area contributed by atoms with E-state index in [-0.39, 0.29) is 17.2 Å². The molecule has 26 heavy (non-hydrogen) atoms. The lowest BCUT2D eigenvalue weighted by Gasteiger charge is -2.08. The number of anilines is 1. The molecular weight excluding hydrogens is 352 g/mol. The van der Waals surface area contributed by atoms with Crippen LogP contribution in [0.25, 0.3) is 11.4 Å². The second-order valence-electron chi connectivity index (χ2n) is 5.44. The largest absolute Gasteiger partial charge is 0.545 e. The van der Waals surface area contributed by atoms with E-state index in [1.54, 1.807) is 12.1 Å². The second-order valence-corrected chi connectivity index (χ2v) is 6.38. The Bertz CT molecular complexity index is 941. The number of carboxylic acid groups (broad SMARTS) is 1. The summed E-state index contributed by atoms with van der Waals surface area (Å²) in [6, 6.07) is 15.6. The summed E-state index contributed by atoms with van der Waals surface area (Å²) in [7, 11) is 1.84. The molecule has 3 aromatic rings. The molecule has 0 bridgehead atoms. The van der Waals surface area contributed by atoms with Crippen LogP contribution in [-0.4, -0.2) is 32.4 Å². The molecule has 8 heteroatoms. The molecule has 0 aliphatic heterocycles. The third kappa shape index (κ3) is 4.09. The molecule has 0 spiro atoms. The molecule has 1 N–H and O–H groups in total. The highest BCUT2D eigenvalue weighted by Gasteiger charge is 2.13. The normalized spacial score (nSPS) is 10.5. The Labute approximate surface area is 154 Å². The standard InChI is InChI=1S/C18H16N4O3S/c1-22-16(12-6-3-2-4-7-12)20-21-18(22)26-11-15(23)19-14-9-5-8-13(10-14)17(24)25/h2-10H,11H2,1H3,(H,19,23)(H,24,25)/p-1. The third-order valence-corrected chi connectivity index (χ3v) is 4.60. The summed E-state index contributed by atoms with van der Waals surface area (Å²) in [5.74, 6) is -0.719. The Balaban J connectivity index is 1.63. The number of aromatic carboxylic acids is 1. The maximum absolute atomic E-state index is 12.1. The van der Waals surface area contributed by atoms with Gasteiger partial charge in [0, 0.05) is 18.3 Å². The number of carboxylic acids is 1. The Morgan fingerprint density at radius 3 is 2.62 bits per heavy atom. The van der Waals surface area contributed by atoms with Gasteiger partial charge in [0.25, 0.3) is 0 Å². The molecule has 0 fully saturated rings. The zero-order chi connectivity index (χ0) is 18.5. The Hall–Kier alpha value is -3.13. The number of benzene rings is 2. The van der Waals surface area contributed by atoms with Gasteiger partial charge in [-0.2, -0.15) is 0 Å². The minimum absolute atomic E-state index is 0.0104. The van der Waals surface area contributed by atoms with Crippen LogP contribution in [0.5, 0.6) is 0 Å². The number of nitrogens with zero attached hydrogens (tertiary/aromatic N) is 3. The maximum atomic E-state index is 12.1. The number of thioether (sulfide) groups is 1. The minimum Gasteiger partial charge on any atom is -0.545 e. The van der Waals surface area contributed by atoms with Crippen molar-refractivity contribution in [3.8, 4) is 11.4 Å².